The Hall–Kier alpha value is -2.73. The Morgan fingerprint density at radius 1 is 1.13 bits per heavy atom. The van der Waals surface area contributed by atoms with Crippen LogP contribution in [0.4, 0.5) is 10.8 Å². The largest absolute Gasteiger partial charge is 0.322 e. The molecule has 0 bridgehead atoms. The average Bonchev–Trinajstić information content (AvgIpc) is 2.96. The standard InChI is InChI=1S/C17H16N4OS/c1-11(2)20-21-17-19-14-9-8-13(10-15(14)23-17)18-16(22)12-6-4-3-5-7-12/h3-10H,1-2H3,(H,18,22)(H,19,21). The highest BCUT2D eigenvalue weighted by Crippen LogP contribution is 2.28. The highest BCUT2D eigenvalue weighted by Gasteiger charge is 2.08. The van der Waals surface area contributed by atoms with Crippen molar-refractivity contribution in [2.24, 2.45) is 5.10 Å². The lowest BCUT2D eigenvalue weighted by Crippen LogP contribution is -2.11. The zero-order valence-corrected chi connectivity index (χ0v) is 13.6. The van der Waals surface area contributed by atoms with Crippen molar-refractivity contribution in [2.75, 3.05) is 10.7 Å². The number of amides is 1. The van der Waals surface area contributed by atoms with Gasteiger partial charge in [0.15, 0.2) is 0 Å². The molecule has 0 aliphatic rings. The second kappa shape index (κ2) is 6.58. The van der Waals surface area contributed by atoms with Crippen molar-refractivity contribution in [1.29, 1.82) is 0 Å². The maximum absolute atomic E-state index is 12.2. The molecule has 0 fully saturated rings. The lowest BCUT2D eigenvalue weighted by molar-refractivity contribution is 0.102. The number of hydrazone groups is 1. The van der Waals surface area contributed by atoms with E-state index in [9.17, 15) is 4.79 Å². The molecule has 0 saturated heterocycles. The van der Waals surface area contributed by atoms with Gasteiger partial charge < -0.3 is 5.32 Å². The monoisotopic (exact) mass is 324 g/mol. The second-order valence-corrected chi connectivity index (χ2v) is 6.22. The van der Waals surface area contributed by atoms with Crippen molar-refractivity contribution >= 4 is 44.0 Å². The van der Waals surface area contributed by atoms with Gasteiger partial charge in [0.1, 0.15) is 0 Å². The summed E-state index contributed by atoms with van der Waals surface area (Å²) in [5, 5.41) is 7.78. The van der Waals surface area contributed by atoms with Crippen LogP contribution in [0.1, 0.15) is 24.2 Å². The predicted molar refractivity (Wildman–Crippen MR) is 96.4 cm³/mol. The zero-order valence-electron chi connectivity index (χ0n) is 12.8. The number of anilines is 2. The SMILES string of the molecule is CC(C)=NNc1nc2ccc(NC(=O)c3ccccc3)cc2s1. The highest BCUT2D eigenvalue weighted by molar-refractivity contribution is 7.22. The van der Waals surface area contributed by atoms with Crippen molar-refractivity contribution in [3.8, 4) is 0 Å². The van der Waals surface area contributed by atoms with Gasteiger partial charge in [-0.25, -0.2) is 4.98 Å². The van der Waals surface area contributed by atoms with Crippen molar-refractivity contribution < 1.29 is 4.79 Å². The molecule has 1 heterocycles. The number of hydrogen-bond acceptors (Lipinski definition) is 5. The van der Waals surface area contributed by atoms with Gasteiger partial charge in [0.05, 0.1) is 10.2 Å². The molecule has 1 aromatic heterocycles. The molecule has 0 aliphatic heterocycles. The maximum Gasteiger partial charge on any atom is 0.255 e. The van der Waals surface area contributed by atoms with Crippen LogP contribution in [-0.2, 0) is 0 Å². The van der Waals surface area contributed by atoms with Crippen LogP contribution in [0.15, 0.2) is 53.6 Å². The van der Waals surface area contributed by atoms with E-state index < -0.39 is 0 Å². The van der Waals surface area contributed by atoms with Crippen molar-refractivity contribution in [3.05, 3.63) is 54.1 Å². The number of hydrogen-bond donors (Lipinski definition) is 2. The molecule has 0 radical (unpaired) electrons. The van der Waals surface area contributed by atoms with Gasteiger partial charge in [0, 0.05) is 17.0 Å². The van der Waals surface area contributed by atoms with E-state index in [-0.39, 0.29) is 5.91 Å². The molecule has 6 heteroatoms. The first-order valence-electron chi connectivity index (χ1n) is 7.16. The predicted octanol–water partition coefficient (Wildman–Crippen LogP) is 4.36. The lowest BCUT2D eigenvalue weighted by Gasteiger charge is -2.04. The van der Waals surface area contributed by atoms with E-state index in [4.69, 9.17) is 0 Å². The Morgan fingerprint density at radius 2 is 1.91 bits per heavy atom. The van der Waals surface area contributed by atoms with E-state index in [1.807, 2.05) is 50.2 Å². The van der Waals surface area contributed by atoms with Gasteiger partial charge in [-0.15, -0.1) is 0 Å². The molecular formula is C17H16N4OS. The van der Waals surface area contributed by atoms with Crippen LogP contribution >= 0.6 is 11.3 Å². The second-order valence-electron chi connectivity index (χ2n) is 5.19. The maximum atomic E-state index is 12.2. The summed E-state index contributed by atoms with van der Waals surface area (Å²) in [6.07, 6.45) is 0. The zero-order chi connectivity index (χ0) is 16.2. The Labute approximate surface area is 138 Å². The molecule has 1 amide bonds. The van der Waals surface area contributed by atoms with Gasteiger partial charge in [0.2, 0.25) is 5.13 Å². The smallest absolute Gasteiger partial charge is 0.255 e. The van der Waals surface area contributed by atoms with Crippen LogP contribution in [0.2, 0.25) is 0 Å². The van der Waals surface area contributed by atoms with Crippen molar-refractivity contribution in [1.82, 2.24) is 4.98 Å². The molecule has 3 rings (SSSR count). The summed E-state index contributed by atoms with van der Waals surface area (Å²) < 4.78 is 0.988. The molecule has 116 valence electrons. The number of nitrogens with zero attached hydrogens (tertiary/aromatic N) is 2. The summed E-state index contributed by atoms with van der Waals surface area (Å²) in [7, 11) is 0. The first-order chi connectivity index (χ1) is 11.1. The summed E-state index contributed by atoms with van der Waals surface area (Å²) in [6, 6.07) is 14.8. The molecule has 2 aromatic carbocycles. The Morgan fingerprint density at radius 3 is 2.65 bits per heavy atom. The fourth-order valence-electron chi connectivity index (χ4n) is 2.00. The van der Waals surface area contributed by atoms with Crippen LogP contribution in [0, 0.1) is 0 Å². The molecule has 3 aromatic rings. The fraction of sp³-hybridized carbons (Fsp3) is 0.118. The number of carbonyl (C=O) groups excluding carboxylic acids is 1. The van der Waals surface area contributed by atoms with Crippen LogP contribution in [-0.4, -0.2) is 16.6 Å². The third-order valence-corrected chi connectivity index (χ3v) is 3.98. The lowest BCUT2D eigenvalue weighted by atomic mass is 10.2. The van der Waals surface area contributed by atoms with Crippen molar-refractivity contribution in [3.63, 3.8) is 0 Å². The molecule has 0 saturated carbocycles. The highest BCUT2D eigenvalue weighted by atomic mass is 32.1. The minimum Gasteiger partial charge on any atom is -0.322 e. The number of thiazole rings is 1. The molecule has 0 unspecified atom stereocenters. The molecular weight excluding hydrogens is 308 g/mol. The van der Waals surface area contributed by atoms with Crippen LogP contribution in [0.25, 0.3) is 10.2 Å². The van der Waals surface area contributed by atoms with Crippen LogP contribution in [0.5, 0.6) is 0 Å². The van der Waals surface area contributed by atoms with Gasteiger partial charge in [-0.1, -0.05) is 29.5 Å². The Kier molecular flexibility index (Phi) is 4.34. The molecule has 0 atom stereocenters. The summed E-state index contributed by atoms with van der Waals surface area (Å²) in [6.45, 7) is 3.83. The van der Waals surface area contributed by atoms with E-state index in [0.717, 1.165) is 26.7 Å². The number of fused-ring (bicyclic) bond motifs is 1. The number of benzene rings is 2. The van der Waals surface area contributed by atoms with E-state index in [1.54, 1.807) is 12.1 Å². The van der Waals surface area contributed by atoms with Gasteiger partial charge in [-0.2, -0.15) is 5.10 Å². The quantitative estimate of drug-likeness (QED) is 0.553. The Balaban J connectivity index is 1.80. The fourth-order valence-corrected chi connectivity index (χ4v) is 2.85. The third kappa shape index (κ3) is 3.73. The number of rotatable bonds is 4. The first-order valence-corrected chi connectivity index (χ1v) is 7.97. The molecule has 5 nitrogen and oxygen atoms in total. The molecule has 23 heavy (non-hydrogen) atoms. The van der Waals surface area contributed by atoms with E-state index >= 15 is 0 Å². The Bertz CT molecular complexity index is 867. The van der Waals surface area contributed by atoms with Gasteiger partial charge in [-0.05, 0) is 44.2 Å². The van der Waals surface area contributed by atoms with E-state index in [2.05, 4.69) is 20.8 Å². The minimum atomic E-state index is -0.126. The molecule has 2 N–H and O–H groups in total. The van der Waals surface area contributed by atoms with E-state index in [1.165, 1.54) is 11.3 Å². The van der Waals surface area contributed by atoms with E-state index in [0.29, 0.717) is 5.56 Å². The minimum absolute atomic E-state index is 0.126. The first kappa shape index (κ1) is 15.2. The molecule has 0 spiro atoms. The van der Waals surface area contributed by atoms with Gasteiger partial charge in [-0.3, -0.25) is 10.2 Å². The van der Waals surface area contributed by atoms with Gasteiger partial charge in [0.25, 0.3) is 5.91 Å². The summed E-state index contributed by atoms with van der Waals surface area (Å²) in [5.41, 5.74) is 6.11. The number of aromatic nitrogens is 1. The summed E-state index contributed by atoms with van der Waals surface area (Å²) in [5.74, 6) is -0.126. The van der Waals surface area contributed by atoms with Crippen LogP contribution < -0.4 is 10.7 Å². The van der Waals surface area contributed by atoms with Crippen molar-refractivity contribution in [2.45, 2.75) is 13.8 Å². The molecule has 0 aliphatic carbocycles. The van der Waals surface area contributed by atoms with Gasteiger partial charge >= 0.3 is 0 Å². The topological polar surface area (TPSA) is 66.4 Å². The number of carbonyl (C=O) groups is 1. The normalized spacial score (nSPS) is 10.3. The third-order valence-electron chi connectivity index (χ3n) is 3.06. The van der Waals surface area contributed by atoms with Crippen LogP contribution in [0.3, 0.4) is 0 Å². The summed E-state index contributed by atoms with van der Waals surface area (Å²) >= 11 is 1.50. The number of nitrogens with one attached hydrogen (secondary N) is 2. The average molecular weight is 324 g/mol. The summed E-state index contributed by atoms with van der Waals surface area (Å²) in [4.78, 5) is 16.6.